The van der Waals surface area contributed by atoms with Crippen LogP contribution in [-0.2, 0) is 4.79 Å². The number of rotatable bonds is 7. The van der Waals surface area contributed by atoms with E-state index in [1.165, 1.54) is 26.4 Å². The minimum absolute atomic E-state index is 0.0543. The Bertz CT molecular complexity index is 728. The zero-order valence-corrected chi connectivity index (χ0v) is 13.1. The number of nitrogens with two attached hydrogens (primary N) is 1. The summed E-state index contributed by atoms with van der Waals surface area (Å²) in [5.41, 5.74) is 5.21. The highest BCUT2D eigenvalue weighted by Gasteiger charge is 2.15. The van der Waals surface area contributed by atoms with Crippen molar-refractivity contribution in [1.29, 1.82) is 0 Å². The Balaban J connectivity index is 2.27. The Kier molecular flexibility index (Phi) is 5.50. The first kappa shape index (κ1) is 17.0. The van der Waals surface area contributed by atoms with Crippen LogP contribution < -0.4 is 25.3 Å². The summed E-state index contributed by atoms with van der Waals surface area (Å²) in [5.74, 6) is -0.475. The van der Waals surface area contributed by atoms with Gasteiger partial charge in [0.2, 0.25) is 17.7 Å². The monoisotopic (exact) mass is 332 g/mol. The van der Waals surface area contributed by atoms with E-state index in [0.717, 1.165) is 0 Å². The molecule has 0 bridgehead atoms. The largest absolute Gasteiger partial charge is 0.481 e. The first-order chi connectivity index (χ1) is 11.5. The van der Waals surface area contributed by atoms with Crippen LogP contribution >= 0.6 is 0 Å². The quantitative estimate of drug-likeness (QED) is 0.756. The fourth-order valence-corrected chi connectivity index (χ4v) is 1.74. The molecule has 0 aliphatic heterocycles. The maximum atomic E-state index is 12.1. The molecule has 0 saturated carbocycles. The van der Waals surface area contributed by atoms with Crippen LogP contribution in [0.2, 0.25) is 0 Å². The van der Waals surface area contributed by atoms with Gasteiger partial charge < -0.3 is 25.3 Å². The van der Waals surface area contributed by atoms with E-state index in [4.69, 9.17) is 19.9 Å². The van der Waals surface area contributed by atoms with E-state index >= 15 is 0 Å². The number of primary amides is 1. The molecule has 2 aromatic rings. The third-order valence-electron chi connectivity index (χ3n) is 2.83. The summed E-state index contributed by atoms with van der Waals surface area (Å²) in [6.07, 6.45) is 0. The number of para-hydroxylation sites is 1. The topological polar surface area (TPSA) is 126 Å². The molecular formula is C15H16N4O5. The predicted octanol–water partition coefficient (Wildman–Crippen LogP) is 0.501. The minimum atomic E-state index is -0.650. The molecule has 1 aromatic heterocycles. The van der Waals surface area contributed by atoms with Gasteiger partial charge in [-0.15, -0.1) is 0 Å². The maximum Gasteiger partial charge on any atom is 0.328 e. The van der Waals surface area contributed by atoms with Crippen LogP contribution in [0, 0.1) is 0 Å². The van der Waals surface area contributed by atoms with Gasteiger partial charge in [-0.2, -0.15) is 9.97 Å². The number of hydrogen-bond donors (Lipinski definition) is 2. The average Bonchev–Trinajstić information content (AvgIpc) is 2.59. The normalized spacial score (nSPS) is 9.92. The molecule has 2 amide bonds. The van der Waals surface area contributed by atoms with E-state index in [-0.39, 0.29) is 35.6 Å². The number of benzene rings is 1. The maximum absolute atomic E-state index is 12.1. The van der Waals surface area contributed by atoms with Crippen molar-refractivity contribution in [2.24, 2.45) is 5.73 Å². The Morgan fingerprint density at radius 3 is 2.33 bits per heavy atom. The first-order valence-electron chi connectivity index (χ1n) is 6.84. The summed E-state index contributed by atoms with van der Waals surface area (Å²) >= 11 is 0. The van der Waals surface area contributed by atoms with Gasteiger partial charge in [0.25, 0.3) is 5.91 Å². The molecule has 0 radical (unpaired) electrons. The zero-order chi connectivity index (χ0) is 17.5. The molecule has 126 valence electrons. The van der Waals surface area contributed by atoms with Crippen LogP contribution in [0.4, 0.5) is 0 Å². The number of nitrogens with one attached hydrogen (secondary N) is 1. The summed E-state index contributed by atoms with van der Waals surface area (Å²) in [7, 11) is 2.88. The number of methoxy groups -OCH3 is 2. The number of carbonyl (C=O) groups excluding carboxylic acids is 2. The Labute approximate surface area is 137 Å². The molecule has 0 spiro atoms. The van der Waals surface area contributed by atoms with Crippen molar-refractivity contribution in [3.05, 3.63) is 35.9 Å². The fraction of sp³-hybridized carbons (Fsp3) is 0.200. The number of carbonyl (C=O) groups is 2. The Morgan fingerprint density at radius 2 is 1.75 bits per heavy atom. The van der Waals surface area contributed by atoms with E-state index < -0.39 is 11.8 Å². The second-order valence-corrected chi connectivity index (χ2v) is 4.48. The van der Waals surface area contributed by atoms with Gasteiger partial charge in [0.05, 0.1) is 32.4 Å². The lowest BCUT2D eigenvalue weighted by molar-refractivity contribution is -0.117. The fourth-order valence-electron chi connectivity index (χ4n) is 1.74. The van der Waals surface area contributed by atoms with Gasteiger partial charge in [-0.05, 0) is 12.1 Å². The molecule has 0 aliphatic carbocycles. The van der Waals surface area contributed by atoms with Crippen molar-refractivity contribution >= 4 is 11.8 Å². The number of ether oxygens (including phenoxy) is 3. The molecule has 1 aromatic carbocycles. The summed E-state index contributed by atoms with van der Waals surface area (Å²) in [6, 6.07) is 7.85. The highest BCUT2D eigenvalue weighted by Crippen LogP contribution is 2.26. The Morgan fingerprint density at radius 1 is 1.12 bits per heavy atom. The third-order valence-corrected chi connectivity index (χ3v) is 2.83. The van der Waals surface area contributed by atoms with Crippen molar-refractivity contribution in [2.75, 3.05) is 20.8 Å². The zero-order valence-electron chi connectivity index (χ0n) is 13.1. The van der Waals surface area contributed by atoms with Crippen LogP contribution in [0.1, 0.15) is 10.4 Å². The third kappa shape index (κ3) is 4.32. The van der Waals surface area contributed by atoms with Crippen molar-refractivity contribution in [3.63, 3.8) is 0 Å². The van der Waals surface area contributed by atoms with Gasteiger partial charge in [-0.1, -0.05) is 12.1 Å². The highest BCUT2D eigenvalue weighted by atomic mass is 16.5. The molecule has 24 heavy (non-hydrogen) atoms. The molecule has 0 unspecified atom stereocenters. The minimum Gasteiger partial charge on any atom is -0.481 e. The van der Waals surface area contributed by atoms with Gasteiger partial charge >= 0.3 is 6.01 Å². The van der Waals surface area contributed by atoms with E-state index in [1.807, 2.05) is 0 Å². The second kappa shape index (κ2) is 7.77. The standard InChI is InChI=1S/C15H16N4O5/c1-22-12-7-13(23-2)19-15(18-12)24-10-6-4-3-5-9(10)14(21)17-8-11(16)20/h3-7H,8H2,1-2H3,(H2,16,20)(H,17,21). The van der Waals surface area contributed by atoms with Gasteiger partial charge in [0.15, 0.2) is 0 Å². The van der Waals surface area contributed by atoms with Gasteiger partial charge in [-0.25, -0.2) is 0 Å². The van der Waals surface area contributed by atoms with Crippen LogP contribution in [-0.4, -0.2) is 42.5 Å². The van der Waals surface area contributed by atoms with E-state index in [9.17, 15) is 9.59 Å². The predicted molar refractivity (Wildman–Crippen MR) is 83.2 cm³/mol. The molecular weight excluding hydrogens is 316 g/mol. The summed E-state index contributed by atoms with van der Waals surface area (Å²) in [6.45, 7) is -0.281. The summed E-state index contributed by atoms with van der Waals surface area (Å²) in [5, 5.41) is 2.39. The molecule has 1 heterocycles. The van der Waals surface area contributed by atoms with Gasteiger partial charge in [-0.3, -0.25) is 9.59 Å². The summed E-state index contributed by atoms with van der Waals surface area (Å²) in [4.78, 5) is 31.0. The second-order valence-electron chi connectivity index (χ2n) is 4.48. The van der Waals surface area contributed by atoms with E-state index in [1.54, 1.807) is 18.2 Å². The molecule has 0 atom stereocenters. The van der Waals surface area contributed by atoms with Crippen molar-refractivity contribution in [2.45, 2.75) is 0 Å². The number of amides is 2. The van der Waals surface area contributed by atoms with Crippen LogP contribution in [0.5, 0.6) is 23.5 Å². The molecule has 0 fully saturated rings. The molecule has 3 N–H and O–H groups in total. The van der Waals surface area contributed by atoms with Gasteiger partial charge in [0, 0.05) is 0 Å². The van der Waals surface area contributed by atoms with Gasteiger partial charge in [0.1, 0.15) is 5.75 Å². The lowest BCUT2D eigenvalue weighted by Crippen LogP contribution is -2.33. The number of aromatic nitrogens is 2. The first-order valence-corrected chi connectivity index (χ1v) is 6.84. The highest BCUT2D eigenvalue weighted by molar-refractivity contribution is 5.98. The molecule has 9 nitrogen and oxygen atoms in total. The number of hydrogen-bond acceptors (Lipinski definition) is 7. The van der Waals surface area contributed by atoms with Crippen molar-refractivity contribution in [1.82, 2.24) is 15.3 Å². The average molecular weight is 332 g/mol. The lowest BCUT2D eigenvalue weighted by Gasteiger charge is -2.11. The van der Waals surface area contributed by atoms with Crippen LogP contribution in [0.3, 0.4) is 0 Å². The molecule has 0 saturated heterocycles. The lowest BCUT2D eigenvalue weighted by atomic mass is 10.2. The molecule has 2 rings (SSSR count). The smallest absolute Gasteiger partial charge is 0.328 e. The van der Waals surface area contributed by atoms with E-state index in [0.29, 0.717) is 0 Å². The molecule has 0 aliphatic rings. The molecule has 9 heteroatoms. The summed E-state index contributed by atoms with van der Waals surface area (Å²) < 4.78 is 15.6. The van der Waals surface area contributed by atoms with E-state index in [2.05, 4.69) is 15.3 Å². The SMILES string of the molecule is COc1cc(OC)nc(Oc2ccccc2C(=O)NCC(N)=O)n1. The number of nitrogens with zero attached hydrogens (tertiary/aromatic N) is 2. The van der Waals surface area contributed by atoms with Crippen molar-refractivity contribution in [3.8, 4) is 23.5 Å². The van der Waals surface area contributed by atoms with Crippen LogP contribution in [0.15, 0.2) is 30.3 Å². The van der Waals surface area contributed by atoms with Crippen LogP contribution in [0.25, 0.3) is 0 Å². The van der Waals surface area contributed by atoms with Crippen molar-refractivity contribution < 1.29 is 23.8 Å². The Hall–Kier alpha value is -3.36.